The van der Waals surface area contributed by atoms with Gasteiger partial charge in [-0.3, -0.25) is 9.59 Å². The SMILES string of the molecule is C=CC(=O)OCCOC(=O)C(C)(CC(C)C(=O)OCC)CC(CC)c1ccc(N(c2ccccc2)c2ccccc2)cc1. The van der Waals surface area contributed by atoms with Crippen molar-refractivity contribution >= 4 is 35.0 Å². The predicted octanol–water partition coefficient (Wildman–Crippen LogP) is 7.91. The molecular formula is C36H43NO6. The van der Waals surface area contributed by atoms with Crippen LogP contribution < -0.4 is 4.90 Å². The van der Waals surface area contributed by atoms with Gasteiger partial charge >= 0.3 is 17.9 Å². The third kappa shape index (κ3) is 9.30. The highest BCUT2D eigenvalue weighted by atomic mass is 16.6. The van der Waals surface area contributed by atoms with Gasteiger partial charge in [-0.1, -0.05) is 69.0 Å². The summed E-state index contributed by atoms with van der Waals surface area (Å²) < 4.78 is 15.8. The lowest BCUT2D eigenvalue weighted by Crippen LogP contribution is -2.36. The van der Waals surface area contributed by atoms with E-state index in [-0.39, 0.29) is 38.1 Å². The fraction of sp³-hybridized carbons (Fsp3) is 0.361. The predicted molar refractivity (Wildman–Crippen MR) is 169 cm³/mol. The summed E-state index contributed by atoms with van der Waals surface area (Å²) >= 11 is 0. The van der Waals surface area contributed by atoms with Gasteiger partial charge in [0.25, 0.3) is 0 Å². The molecule has 0 spiro atoms. The fourth-order valence-corrected chi connectivity index (χ4v) is 5.34. The van der Waals surface area contributed by atoms with Crippen molar-refractivity contribution in [3.8, 4) is 0 Å². The van der Waals surface area contributed by atoms with E-state index < -0.39 is 23.3 Å². The van der Waals surface area contributed by atoms with Crippen LogP contribution in [0.25, 0.3) is 0 Å². The second-order valence-corrected chi connectivity index (χ2v) is 10.8. The lowest BCUT2D eigenvalue weighted by atomic mass is 9.72. The average molecular weight is 586 g/mol. The minimum absolute atomic E-state index is 0.0292. The van der Waals surface area contributed by atoms with Gasteiger partial charge in [0.2, 0.25) is 0 Å². The number of esters is 3. The molecule has 0 radical (unpaired) electrons. The van der Waals surface area contributed by atoms with Crippen molar-refractivity contribution in [3.63, 3.8) is 0 Å². The first-order chi connectivity index (χ1) is 20.7. The molecule has 0 saturated carbocycles. The number of ether oxygens (including phenoxy) is 3. The van der Waals surface area contributed by atoms with Crippen LogP contribution in [0.4, 0.5) is 17.1 Å². The molecule has 3 rings (SSSR count). The number of anilines is 3. The van der Waals surface area contributed by atoms with Crippen molar-refractivity contribution in [2.75, 3.05) is 24.7 Å². The summed E-state index contributed by atoms with van der Waals surface area (Å²) in [5.41, 5.74) is 3.23. The molecule has 7 heteroatoms. The first-order valence-electron chi connectivity index (χ1n) is 14.9. The van der Waals surface area contributed by atoms with Crippen LogP contribution >= 0.6 is 0 Å². The Labute approximate surface area is 255 Å². The van der Waals surface area contributed by atoms with Crippen molar-refractivity contribution in [2.45, 2.75) is 52.9 Å². The molecule has 43 heavy (non-hydrogen) atoms. The van der Waals surface area contributed by atoms with Crippen LogP contribution in [0.1, 0.15) is 58.4 Å². The maximum absolute atomic E-state index is 13.5. The highest BCUT2D eigenvalue weighted by Crippen LogP contribution is 2.41. The zero-order valence-electron chi connectivity index (χ0n) is 25.7. The van der Waals surface area contributed by atoms with Gasteiger partial charge in [0, 0.05) is 23.1 Å². The Bertz CT molecular complexity index is 1290. The largest absolute Gasteiger partial charge is 0.466 e. The van der Waals surface area contributed by atoms with Crippen LogP contribution in [0.3, 0.4) is 0 Å². The molecule has 0 fully saturated rings. The van der Waals surface area contributed by atoms with Gasteiger partial charge in [-0.05, 0) is 81.0 Å². The number of carbonyl (C=O) groups is 3. The molecule has 0 aliphatic carbocycles. The van der Waals surface area contributed by atoms with E-state index in [1.165, 1.54) is 0 Å². The maximum Gasteiger partial charge on any atom is 0.330 e. The third-order valence-electron chi connectivity index (χ3n) is 7.51. The second-order valence-electron chi connectivity index (χ2n) is 10.8. The molecule has 0 heterocycles. The summed E-state index contributed by atoms with van der Waals surface area (Å²) in [5, 5.41) is 0. The number of benzene rings is 3. The lowest BCUT2D eigenvalue weighted by molar-refractivity contribution is -0.162. The topological polar surface area (TPSA) is 82.1 Å². The number of nitrogens with zero attached hydrogens (tertiary/aromatic N) is 1. The molecule has 3 unspecified atom stereocenters. The first-order valence-corrected chi connectivity index (χ1v) is 14.9. The molecule has 3 atom stereocenters. The number of carbonyl (C=O) groups excluding carboxylic acids is 3. The van der Waals surface area contributed by atoms with Crippen LogP contribution in [0.2, 0.25) is 0 Å². The molecule has 0 aliphatic rings. The first kappa shape index (κ1) is 33.1. The van der Waals surface area contributed by atoms with Crippen LogP contribution in [-0.4, -0.2) is 37.7 Å². The number of hydrogen-bond donors (Lipinski definition) is 0. The maximum atomic E-state index is 13.5. The minimum atomic E-state index is -0.978. The number of rotatable bonds is 16. The summed E-state index contributed by atoms with van der Waals surface area (Å²) in [6, 6.07) is 28.8. The quantitative estimate of drug-likeness (QED) is 0.0731. The van der Waals surface area contributed by atoms with Crippen LogP contribution in [0, 0.1) is 11.3 Å². The van der Waals surface area contributed by atoms with Gasteiger partial charge < -0.3 is 19.1 Å². The van der Waals surface area contributed by atoms with Gasteiger partial charge in [0.05, 0.1) is 17.9 Å². The van der Waals surface area contributed by atoms with Crippen LogP contribution in [0.15, 0.2) is 97.6 Å². The van der Waals surface area contributed by atoms with Crippen molar-refractivity contribution < 1.29 is 28.6 Å². The van der Waals surface area contributed by atoms with Gasteiger partial charge in [0.1, 0.15) is 13.2 Å². The average Bonchev–Trinajstić information content (AvgIpc) is 3.03. The Morgan fingerprint density at radius 2 is 1.33 bits per heavy atom. The summed E-state index contributed by atoms with van der Waals surface area (Å²) in [5.74, 6) is -1.83. The Kier molecular flexibility index (Phi) is 12.6. The standard InChI is InChI=1S/C36H43NO6/c1-6-28(26-36(5,25-27(4)34(39)41-8-3)35(40)43-24-23-42-33(38)7-2)29-19-21-32(22-20-29)37(30-15-11-9-12-16-30)31-17-13-10-14-18-31/h7,9-22,27-28H,2,6,8,23-26H2,1,3-5H3. The van der Waals surface area contributed by atoms with E-state index in [0.717, 1.165) is 35.1 Å². The zero-order chi connectivity index (χ0) is 31.2. The van der Waals surface area contributed by atoms with Crippen molar-refractivity contribution in [2.24, 2.45) is 11.3 Å². The Hall–Kier alpha value is -4.39. The molecule has 0 aliphatic heterocycles. The van der Waals surface area contributed by atoms with E-state index in [1.54, 1.807) is 13.8 Å². The lowest BCUT2D eigenvalue weighted by Gasteiger charge is -2.33. The summed E-state index contributed by atoms with van der Waals surface area (Å²) in [6.45, 7) is 10.9. The Morgan fingerprint density at radius 3 is 1.84 bits per heavy atom. The number of hydrogen-bond acceptors (Lipinski definition) is 7. The molecule has 3 aromatic carbocycles. The molecule has 0 aromatic heterocycles. The normalized spacial score (nSPS) is 13.6. The summed E-state index contributed by atoms with van der Waals surface area (Å²) in [6.07, 6.45) is 2.58. The van der Waals surface area contributed by atoms with E-state index in [4.69, 9.17) is 14.2 Å². The van der Waals surface area contributed by atoms with E-state index in [0.29, 0.717) is 6.42 Å². The van der Waals surface area contributed by atoms with Crippen LogP contribution in [-0.2, 0) is 28.6 Å². The number of para-hydroxylation sites is 2. The molecule has 3 aromatic rings. The minimum Gasteiger partial charge on any atom is -0.466 e. The molecule has 228 valence electrons. The van der Waals surface area contributed by atoms with Crippen molar-refractivity contribution in [1.82, 2.24) is 0 Å². The molecule has 0 N–H and O–H groups in total. The van der Waals surface area contributed by atoms with Gasteiger partial charge in [0.15, 0.2) is 0 Å². The summed E-state index contributed by atoms with van der Waals surface area (Å²) in [7, 11) is 0. The van der Waals surface area contributed by atoms with Crippen molar-refractivity contribution in [3.05, 3.63) is 103 Å². The van der Waals surface area contributed by atoms with E-state index >= 15 is 0 Å². The van der Waals surface area contributed by atoms with Gasteiger partial charge in [-0.25, -0.2) is 4.79 Å². The smallest absolute Gasteiger partial charge is 0.330 e. The fourth-order valence-electron chi connectivity index (χ4n) is 5.34. The van der Waals surface area contributed by atoms with E-state index in [2.05, 4.69) is 66.9 Å². The highest BCUT2D eigenvalue weighted by Gasteiger charge is 2.40. The van der Waals surface area contributed by atoms with Gasteiger partial charge in [-0.15, -0.1) is 0 Å². The molecule has 7 nitrogen and oxygen atoms in total. The third-order valence-corrected chi connectivity index (χ3v) is 7.51. The van der Waals surface area contributed by atoms with E-state index in [9.17, 15) is 14.4 Å². The molecular weight excluding hydrogens is 542 g/mol. The monoisotopic (exact) mass is 585 g/mol. The van der Waals surface area contributed by atoms with Crippen LogP contribution in [0.5, 0.6) is 0 Å². The Balaban J connectivity index is 1.85. The van der Waals surface area contributed by atoms with Gasteiger partial charge in [-0.2, -0.15) is 0 Å². The molecule has 0 amide bonds. The Morgan fingerprint density at radius 1 is 0.791 bits per heavy atom. The highest BCUT2D eigenvalue weighted by molar-refractivity contribution is 5.81. The van der Waals surface area contributed by atoms with E-state index in [1.807, 2.05) is 43.3 Å². The molecule has 0 saturated heterocycles. The second kappa shape index (κ2) is 16.3. The summed E-state index contributed by atoms with van der Waals surface area (Å²) in [4.78, 5) is 39.6. The molecule has 0 bridgehead atoms. The zero-order valence-corrected chi connectivity index (χ0v) is 25.7. The van der Waals surface area contributed by atoms with Crippen molar-refractivity contribution in [1.29, 1.82) is 0 Å².